The molecular formula is C25H21ClN2O4. The van der Waals surface area contributed by atoms with E-state index in [1.54, 1.807) is 36.5 Å². The van der Waals surface area contributed by atoms with Crippen molar-refractivity contribution in [3.63, 3.8) is 0 Å². The van der Waals surface area contributed by atoms with Crippen molar-refractivity contribution in [1.82, 2.24) is 9.88 Å². The summed E-state index contributed by atoms with van der Waals surface area (Å²) in [4.78, 5) is 32.0. The Balaban J connectivity index is 1.92. The van der Waals surface area contributed by atoms with Crippen LogP contribution in [-0.4, -0.2) is 33.8 Å². The molecule has 1 aromatic heterocycles. The van der Waals surface area contributed by atoms with Crippen LogP contribution in [0.2, 0.25) is 5.02 Å². The van der Waals surface area contributed by atoms with Gasteiger partial charge in [0.25, 0.3) is 11.7 Å². The lowest BCUT2D eigenvalue weighted by molar-refractivity contribution is -0.140. The number of hydrogen-bond donors (Lipinski definition) is 1. The quantitative estimate of drug-likeness (QED) is 0.348. The van der Waals surface area contributed by atoms with Crippen molar-refractivity contribution in [3.05, 3.63) is 99.8 Å². The minimum Gasteiger partial charge on any atom is -0.507 e. The minimum atomic E-state index is -0.791. The second-order valence-corrected chi connectivity index (χ2v) is 7.86. The van der Waals surface area contributed by atoms with Crippen LogP contribution in [0.1, 0.15) is 28.4 Å². The summed E-state index contributed by atoms with van der Waals surface area (Å²) in [5.74, 6) is -1.36. The molecule has 1 aliphatic rings. The molecule has 1 amide bonds. The van der Waals surface area contributed by atoms with E-state index in [0.717, 1.165) is 11.1 Å². The number of aliphatic hydroxyl groups is 1. The molecule has 0 bridgehead atoms. The van der Waals surface area contributed by atoms with Crippen LogP contribution < -0.4 is 4.74 Å². The van der Waals surface area contributed by atoms with Crippen molar-refractivity contribution in [2.45, 2.75) is 19.5 Å². The summed E-state index contributed by atoms with van der Waals surface area (Å²) in [6.07, 6.45) is 1.63. The van der Waals surface area contributed by atoms with E-state index in [9.17, 15) is 14.7 Å². The number of nitrogens with zero attached hydrogens (tertiary/aromatic N) is 2. The molecule has 1 aliphatic heterocycles. The van der Waals surface area contributed by atoms with Gasteiger partial charge in [0.1, 0.15) is 11.5 Å². The van der Waals surface area contributed by atoms with Gasteiger partial charge in [-0.05, 0) is 48.4 Å². The molecule has 2 aromatic carbocycles. The van der Waals surface area contributed by atoms with Crippen molar-refractivity contribution in [2.24, 2.45) is 0 Å². The van der Waals surface area contributed by atoms with Crippen molar-refractivity contribution in [3.8, 4) is 5.75 Å². The summed E-state index contributed by atoms with van der Waals surface area (Å²) in [5.41, 5.74) is 2.46. The number of benzene rings is 2. The Morgan fingerprint density at radius 1 is 1.12 bits per heavy atom. The van der Waals surface area contributed by atoms with E-state index >= 15 is 0 Å². The van der Waals surface area contributed by atoms with Gasteiger partial charge in [-0.15, -0.1) is 0 Å². The summed E-state index contributed by atoms with van der Waals surface area (Å²) in [5, 5.41) is 11.5. The average Bonchev–Trinajstić information content (AvgIpc) is 3.05. The van der Waals surface area contributed by atoms with E-state index in [4.69, 9.17) is 16.3 Å². The van der Waals surface area contributed by atoms with E-state index < -0.39 is 17.7 Å². The van der Waals surface area contributed by atoms with E-state index in [-0.39, 0.29) is 28.5 Å². The van der Waals surface area contributed by atoms with E-state index in [2.05, 4.69) is 4.98 Å². The molecule has 1 atom stereocenters. The van der Waals surface area contributed by atoms with Crippen molar-refractivity contribution in [2.75, 3.05) is 7.11 Å². The van der Waals surface area contributed by atoms with Gasteiger partial charge in [0.2, 0.25) is 0 Å². The third-order valence-electron chi connectivity index (χ3n) is 5.51. The number of carbonyl (C=O) groups excluding carboxylic acids is 2. The molecule has 32 heavy (non-hydrogen) atoms. The standard InChI is InChI=1S/C25H21ClN2O4/c1-15-7-3-4-9-18(15)22-21(23(29)19-13-17(32-2)10-11-20(19)26)24(30)25(31)28(22)14-16-8-5-6-12-27-16/h3-13,22,29H,14H2,1-2H3/b23-21+. The summed E-state index contributed by atoms with van der Waals surface area (Å²) in [6.45, 7) is 2.02. The van der Waals surface area contributed by atoms with Crippen LogP contribution >= 0.6 is 11.6 Å². The van der Waals surface area contributed by atoms with Crippen LogP contribution in [0.15, 0.2) is 72.4 Å². The number of aliphatic hydroxyl groups excluding tert-OH is 1. The van der Waals surface area contributed by atoms with Gasteiger partial charge in [0.15, 0.2) is 0 Å². The molecule has 0 saturated carbocycles. The molecule has 1 N–H and O–H groups in total. The third-order valence-corrected chi connectivity index (χ3v) is 5.84. The maximum absolute atomic E-state index is 13.2. The Morgan fingerprint density at radius 3 is 2.56 bits per heavy atom. The fourth-order valence-corrected chi connectivity index (χ4v) is 4.09. The molecule has 2 heterocycles. The molecule has 1 unspecified atom stereocenters. The molecule has 3 aromatic rings. The molecule has 0 aliphatic carbocycles. The van der Waals surface area contributed by atoms with Gasteiger partial charge in [-0.25, -0.2) is 0 Å². The summed E-state index contributed by atoms with van der Waals surface area (Å²) in [7, 11) is 1.49. The smallest absolute Gasteiger partial charge is 0.296 e. The normalized spacial score (nSPS) is 17.6. The van der Waals surface area contributed by atoms with Crippen molar-refractivity contribution in [1.29, 1.82) is 0 Å². The SMILES string of the molecule is COc1ccc(Cl)c(/C(O)=C2\C(=O)C(=O)N(Cc3ccccn3)C2c2ccccc2C)c1. The zero-order valence-electron chi connectivity index (χ0n) is 17.6. The predicted octanol–water partition coefficient (Wildman–Crippen LogP) is 4.67. The maximum atomic E-state index is 13.2. The number of ketones is 1. The molecule has 6 nitrogen and oxygen atoms in total. The summed E-state index contributed by atoms with van der Waals surface area (Å²) in [6, 6.07) is 16.8. The number of ether oxygens (including phenoxy) is 1. The Kier molecular flexibility index (Phi) is 5.97. The fraction of sp³-hybridized carbons (Fsp3) is 0.160. The van der Waals surface area contributed by atoms with E-state index in [1.807, 2.05) is 37.3 Å². The van der Waals surface area contributed by atoms with Crippen LogP contribution in [0.25, 0.3) is 5.76 Å². The molecule has 162 valence electrons. The molecule has 7 heteroatoms. The second-order valence-electron chi connectivity index (χ2n) is 7.45. The molecule has 1 saturated heterocycles. The maximum Gasteiger partial charge on any atom is 0.296 e. The highest BCUT2D eigenvalue weighted by Crippen LogP contribution is 2.42. The van der Waals surface area contributed by atoms with Crippen LogP contribution in [0.5, 0.6) is 5.75 Å². The van der Waals surface area contributed by atoms with Gasteiger partial charge in [-0.2, -0.15) is 0 Å². The topological polar surface area (TPSA) is 79.7 Å². The zero-order chi connectivity index (χ0) is 22.8. The van der Waals surface area contributed by atoms with E-state index in [0.29, 0.717) is 11.4 Å². The minimum absolute atomic E-state index is 0.0182. The third kappa shape index (κ3) is 3.85. The van der Waals surface area contributed by atoms with Gasteiger partial charge in [0, 0.05) is 11.8 Å². The van der Waals surface area contributed by atoms with Gasteiger partial charge in [-0.3, -0.25) is 14.6 Å². The number of hydrogen-bond acceptors (Lipinski definition) is 5. The lowest BCUT2D eigenvalue weighted by atomic mass is 9.92. The molecule has 4 rings (SSSR count). The lowest BCUT2D eigenvalue weighted by Gasteiger charge is -2.26. The van der Waals surface area contributed by atoms with Gasteiger partial charge >= 0.3 is 0 Å². The first kappa shape index (κ1) is 21.6. The number of rotatable bonds is 5. The van der Waals surface area contributed by atoms with Crippen molar-refractivity contribution < 1.29 is 19.4 Å². The first-order valence-corrected chi connectivity index (χ1v) is 10.4. The number of pyridine rings is 1. The summed E-state index contributed by atoms with van der Waals surface area (Å²) >= 11 is 6.33. The second kappa shape index (κ2) is 8.85. The number of Topliss-reactive ketones (excluding diaryl/α,β-unsaturated/α-hetero) is 1. The first-order chi connectivity index (χ1) is 15.4. The number of likely N-dealkylation sites (tertiary alicyclic amines) is 1. The monoisotopic (exact) mass is 448 g/mol. The molecule has 0 spiro atoms. The van der Waals surface area contributed by atoms with Crippen molar-refractivity contribution >= 4 is 29.1 Å². The number of amides is 1. The van der Waals surface area contributed by atoms with Gasteiger partial charge in [-0.1, -0.05) is 41.9 Å². The molecule has 0 radical (unpaired) electrons. The fourth-order valence-electron chi connectivity index (χ4n) is 3.88. The largest absolute Gasteiger partial charge is 0.507 e. The predicted molar refractivity (Wildman–Crippen MR) is 121 cm³/mol. The number of aromatic nitrogens is 1. The van der Waals surface area contributed by atoms with Crippen LogP contribution in [0.3, 0.4) is 0 Å². The van der Waals surface area contributed by atoms with Gasteiger partial charge in [0.05, 0.1) is 36.0 Å². The Morgan fingerprint density at radius 2 is 1.88 bits per heavy atom. The van der Waals surface area contributed by atoms with Crippen LogP contribution in [-0.2, 0) is 16.1 Å². The zero-order valence-corrected chi connectivity index (χ0v) is 18.3. The number of halogens is 1. The highest BCUT2D eigenvalue weighted by atomic mass is 35.5. The first-order valence-electron chi connectivity index (χ1n) is 10.00. The number of carbonyl (C=O) groups is 2. The molecule has 1 fully saturated rings. The number of methoxy groups -OCH3 is 1. The Bertz CT molecular complexity index is 1220. The Hall–Kier alpha value is -3.64. The van der Waals surface area contributed by atoms with Crippen LogP contribution in [0.4, 0.5) is 0 Å². The summed E-state index contributed by atoms with van der Waals surface area (Å²) < 4.78 is 5.24. The lowest BCUT2D eigenvalue weighted by Crippen LogP contribution is -2.29. The van der Waals surface area contributed by atoms with Crippen LogP contribution in [0, 0.1) is 6.92 Å². The molecular weight excluding hydrogens is 428 g/mol. The highest BCUT2D eigenvalue weighted by molar-refractivity contribution is 6.47. The van der Waals surface area contributed by atoms with Gasteiger partial charge < -0.3 is 14.7 Å². The van der Waals surface area contributed by atoms with E-state index in [1.165, 1.54) is 12.0 Å². The Labute approximate surface area is 190 Å². The average molecular weight is 449 g/mol. The highest BCUT2D eigenvalue weighted by Gasteiger charge is 2.46. The number of aryl methyl sites for hydroxylation is 1.